The van der Waals surface area contributed by atoms with Crippen LogP contribution in [0.4, 0.5) is 4.39 Å². The number of aromatic nitrogens is 6. The lowest BCUT2D eigenvalue weighted by Gasteiger charge is -2.34. The molecule has 6 rings (SSSR count). The van der Waals surface area contributed by atoms with Gasteiger partial charge in [0.05, 0.1) is 157 Å². The van der Waals surface area contributed by atoms with Crippen molar-refractivity contribution in [3.8, 4) is 16.9 Å². The van der Waals surface area contributed by atoms with E-state index in [0.717, 1.165) is 54.7 Å². The van der Waals surface area contributed by atoms with Gasteiger partial charge in [-0.25, -0.2) is 9.37 Å². The molecule has 0 saturated heterocycles. The number of unbranched alkanes of at least 4 members (excludes halogenated alkanes) is 1. The van der Waals surface area contributed by atoms with Crippen LogP contribution in [-0.2, 0) is 145 Å². The minimum Gasteiger partial charge on any atom is -0.494 e. The quantitative estimate of drug-likeness (QED) is 0.00674. The van der Waals surface area contributed by atoms with Gasteiger partial charge in [-0.3, -0.25) is 62.3 Å². The van der Waals surface area contributed by atoms with E-state index < -0.39 is 175 Å². The Morgan fingerprint density at radius 1 is 0.556 bits per heavy atom. The molecule has 48 nitrogen and oxygen atoms in total. The number of azide groups is 1. The molecule has 0 spiro atoms. The molecule has 0 aliphatic heterocycles. The van der Waals surface area contributed by atoms with Crippen molar-refractivity contribution < 1.29 is 135 Å². The predicted molar refractivity (Wildman–Crippen MR) is 505 cm³/mol. The molecule has 0 aliphatic rings. The fraction of sp³-hybridized carbons (Fsp3) is 0.559. The number of nitrogens with zero attached hydrogens (tertiary/aromatic N) is 7. The number of halogens is 1. The maximum absolute atomic E-state index is 15.6. The molecule has 49 heteroatoms. The number of hydrogen-bond donors (Lipinski definition) is 19. The van der Waals surface area contributed by atoms with Crippen molar-refractivity contribution in [3.05, 3.63) is 159 Å². The second-order valence-electron chi connectivity index (χ2n) is 33.4. The molecular formula is C93H134FN21O27. The van der Waals surface area contributed by atoms with Gasteiger partial charge in [-0.2, -0.15) is 5.21 Å². The monoisotopic (exact) mass is 2000 g/mol. The van der Waals surface area contributed by atoms with Crippen LogP contribution in [-0.4, -0.2) is 338 Å². The average Bonchev–Trinajstić information content (AvgIpc) is 1.05. The number of ether oxygens (including phenoxy) is 9. The number of nitrogens with two attached hydrogens (primary N) is 1. The van der Waals surface area contributed by atoms with Gasteiger partial charge in [0, 0.05) is 68.5 Å². The zero-order valence-corrected chi connectivity index (χ0v) is 80.6. The lowest BCUT2D eigenvalue weighted by atomic mass is 9.90. The number of nitrogens with one attached hydrogen (secondary N) is 13. The first-order chi connectivity index (χ1) is 68.2. The van der Waals surface area contributed by atoms with E-state index in [9.17, 15) is 82.8 Å². The number of hydrogen-bond acceptors (Lipinski definition) is 31. The summed E-state index contributed by atoms with van der Waals surface area (Å²) in [5, 5.41) is 95.2. The molecule has 142 heavy (non-hydrogen) atoms. The second kappa shape index (κ2) is 65.0. The molecule has 10 atom stereocenters. The Balaban J connectivity index is 1.07. The van der Waals surface area contributed by atoms with E-state index in [2.05, 4.69) is 99.1 Å². The zero-order chi connectivity index (χ0) is 104. The third-order valence-electron chi connectivity index (χ3n) is 21.8. The number of carboxylic acid groups (broad SMARTS) is 1. The molecule has 0 saturated carbocycles. The predicted octanol–water partition coefficient (Wildman–Crippen LogP) is -1.57. The van der Waals surface area contributed by atoms with E-state index in [0.29, 0.717) is 148 Å². The summed E-state index contributed by atoms with van der Waals surface area (Å²) in [4.78, 5) is 190. The van der Waals surface area contributed by atoms with Crippen molar-refractivity contribution in [2.24, 2.45) is 16.3 Å². The van der Waals surface area contributed by atoms with Gasteiger partial charge in [0.15, 0.2) is 5.82 Å². The maximum atomic E-state index is 15.6. The van der Waals surface area contributed by atoms with Crippen LogP contribution in [0.2, 0.25) is 0 Å². The first-order valence-corrected chi connectivity index (χ1v) is 46.5. The summed E-state index contributed by atoms with van der Waals surface area (Å²) in [5.74, 6) is -14.9. The Kier molecular flexibility index (Phi) is 53.8. The van der Waals surface area contributed by atoms with Crippen LogP contribution in [0.5, 0.6) is 5.75 Å². The number of tetrazole rings is 1. The molecule has 780 valence electrons. The van der Waals surface area contributed by atoms with E-state index in [1.54, 1.807) is 36.5 Å². The SMILES string of the molecule is CCc1cc(OCCCCN=[N+]=[N-])ccc1-c1ccc(C[C@H](NC(=O)[C@H](CC(=O)O)NC(=O)[C@H](CO)NC(=O)[C@@H](NC(=O)[C@@](C)(Cc2ccccc2F)NC(=O)[C@@H](NC(=O)CNC(=O)[C@H](Cc2nn[nH]n2)NC(=O)C(C)(C)C(=O)NCCc2cnc[nH]2)[C@@H](C)O)[C@@H](C)O)C(=O)N[C@@H](CCCc2ccc(CNC(=O)CCOCCOCCOCCOCCOCCOCCOCCOCCO)cc2)C(N)=O)cc1. The van der Waals surface area contributed by atoms with Crippen LogP contribution in [0.15, 0.2) is 109 Å². The highest BCUT2D eigenvalue weighted by Crippen LogP contribution is 2.30. The molecule has 4 aromatic carbocycles. The van der Waals surface area contributed by atoms with Crippen LogP contribution in [0.1, 0.15) is 119 Å². The van der Waals surface area contributed by atoms with Crippen LogP contribution in [0.25, 0.3) is 21.6 Å². The summed E-state index contributed by atoms with van der Waals surface area (Å²) in [6.07, 6.45) is -0.531. The van der Waals surface area contributed by atoms with Crippen molar-refractivity contribution in [1.82, 2.24) is 89.1 Å². The highest BCUT2D eigenvalue weighted by atomic mass is 19.1. The summed E-state index contributed by atoms with van der Waals surface area (Å²) in [5.41, 5.74) is 15.3. The van der Waals surface area contributed by atoms with E-state index in [-0.39, 0.29) is 82.5 Å². The Labute approximate surface area is 819 Å². The number of aliphatic hydroxyl groups excluding tert-OH is 4. The van der Waals surface area contributed by atoms with Crippen molar-refractivity contribution in [2.45, 2.75) is 185 Å². The van der Waals surface area contributed by atoms with Crippen molar-refractivity contribution in [3.63, 3.8) is 0 Å². The van der Waals surface area contributed by atoms with Crippen LogP contribution in [0, 0.1) is 11.2 Å². The largest absolute Gasteiger partial charge is 0.494 e. The molecule has 0 aliphatic carbocycles. The van der Waals surface area contributed by atoms with E-state index in [1.165, 1.54) is 38.4 Å². The molecule has 0 radical (unpaired) electrons. The molecular weight excluding hydrogens is 1860 g/mol. The minimum absolute atomic E-state index is 0.0262. The normalized spacial score (nSPS) is 13.6. The van der Waals surface area contributed by atoms with Gasteiger partial charge in [0.1, 0.15) is 64.8 Å². The number of rotatable bonds is 74. The number of carboxylic acids is 1. The third kappa shape index (κ3) is 43.9. The minimum atomic E-state index is -2.43. The highest BCUT2D eigenvalue weighted by molar-refractivity contribution is 6.06. The zero-order valence-electron chi connectivity index (χ0n) is 80.6. The van der Waals surface area contributed by atoms with Crippen LogP contribution >= 0.6 is 0 Å². The fourth-order valence-electron chi connectivity index (χ4n) is 13.7. The number of carbonyl (C=O) groups excluding carboxylic acids is 12. The van der Waals surface area contributed by atoms with Crippen molar-refractivity contribution in [1.29, 1.82) is 0 Å². The highest BCUT2D eigenvalue weighted by Gasteiger charge is 2.44. The van der Waals surface area contributed by atoms with Gasteiger partial charge in [0.2, 0.25) is 70.9 Å². The molecule has 0 unspecified atom stereocenters. The van der Waals surface area contributed by atoms with Crippen molar-refractivity contribution >= 4 is 76.9 Å². The number of aromatic amines is 2. The first kappa shape index (κ1) is 118. The first-order valence-electron chi connectivity index (χ1n) is 46.5. The number of H-pyrrole nitrogens is 2. The smallest absolute Gasteiger partial charge is 0.305 e. The number of primary amides is 1. The lowest BCUT2D eigenvalue weighted by molar-refractivity contribution is -0.143. The summed E-state index contributed by atoms with van der Waals surface area (Å²) < 4.78 is 65.1. The maximum Gasteiger partial charge on any atom is 0.305 e. The van der Waals surface area contributed by atoms with Crippen LogP contribution in [0.3, 0.4) is 0 Å². The molecule has 20 N–H and O–H groups in total. The van der Waals surface area contributed by atoms with E-state index in [1.807, 2.05) is 43.3 Å². The van der Waals surface area contributed by atoms with Gasteiger partial charge in [-0.05, 0) is 136 Å². The van der Waals surface area contributed by atoms with E-state index in [4.69, 9.17) is 59.0 Å². The second-order valence-corrected chi connectivity index (χ2v) is 33.4. The summed E-state index contributed by atoms with van der Waals surface area (Å²) in [6.45, 7) is 12.2. The summed E-state index contributed by atoms with van der Waals surface area (Å²) in [7, 11) is 0. The van der Waals surface area contributed by atoms with Gasteiger partial charge in [-0.1, -0.05) is 90.0 Å². The molecule has 12 amide bonds. The van der Waals surface area contributed by atoms with Gasteiger partial charge in [-0.15, -0.1) is 10.2 Å². The molecule has 2 heterocycles. The Hall–Kier alpha value is -13.2. The number of imidazole rings is 1. The average molecular weight is 2000 g/mol. The third-order valence-corrected chi connectivity index (χ3v) is 21.8. The standard InChI is InChI=1S/C93H134FN21O27/c1-7-64-50-68(142-32-11-10-29-102-113-96)25-26-69(64)65-23-21-62(22-24-65)49-72(84(126)103-71(82(95)124)16-12-13-61-17-19-63(20-18-61)54-99-77(120)28-33-134-35-37-136-39-41-138-43-45-140-47-48-141-46-44-139-42-40-137-38-36-135-34-31-116)104-85(127)74(52-79(122)123)105-86(128)75(57-117)106-87(129)80(59(2)118)109-91(133)93(6,53-66-14-8-9-15-70(66)94)110-88(130)81(60(3)119)108-78(121)56-100-83(125)73(51-76-111-114-115-112-76)107-90(132)92(4,5)89(131)98-30-27-67-55-97-58-101-67/h8-9,14-15,17-26,50,55,58-60,71-75,80-81,116-119H,7,10-13,16,27-49,51-54,56-57H2,1-6H3,(H2,95,124)(H,97,101)(H,98,131)(H,99,120)(H,100,125)(H,103,126)(H,104,127)(H,105,128)(H,106,129)(H,107,132)(H,108,121)(H,109,133)(H,110,130)(H,122,123)(H,111,112,114,115)/t59-,60-,71+,72+,73+,74+,75+,80+,81+,93-/m1/s1. The van der Waals surface area contributed by atoms with Gasteiger partial charge < -0.3 is 137 Å². The number of aliphatic carboxylic acids is 1. The Morgan fingerprint density at radius 2 is 1.12 bits per heavy atom. The fourth-order valence-corrected chi connectivity index (χ4v) is 13.7. The lowest BCUT2D eigenvalue weighted by Crippen LogP contribution is -2.67. The van der Waals surface area contributed by atoms with Gasteiger partial charge >= 0.3 is 5.97 Å². The topological polar surface area (TPSA) is 696 Å². The number of aliphatic hydroxyl groups is 4. The Bertz CT molecular complexity index is 4950. The molecule has 0 bridgehead atoms. The Morgan fingerprint density at radius 3 is 1.68 bits per heavy atom. The van der Waals surface area contributed by atoms with Crippen molar-refractivity contribution in [2.75, 3.05) is 145 Å². The number of carbonyl (C=O) groups is 13. The number of aryl methyl sites for hydroxylation is 2. The molecule has 2 aromatic heterocycles. The van der Waals surface area contributed by atoms with Gasteiger partial charge in [0.25, 0.3) is 0 Å². The van der Waals surface area contributed by atoms with E-state index >= 15 is 4.39 Å². The summed E-state index contributed by atoms with van der Waals surface area (Å²) >= 11 is 0. The molecule has 0 fully saturated rings. The van der Waals surface area contributed by atoms with Crippen LogP contribution < -0.4 is 69.0 Å². The summed E-state index contributed by atoms with van der Waals surface area (Å²) in [6, 6.07) is 11.6. The molecule has 6 aromatic rings. The number of benzene rings is 4. The number of amides is 12.